The number of benzene rings is 4. The van der Waals surface area contributed by atoms with Crippen LogP contribution in [0, 0.1) is 0 Å². The van der Waals surface area contributed by atoms with Gasteiger partial charge in [-0.05, 0) is 82.4 Å². The molecule has 0 atom stereocenters. The number of rotatable bonds is 6. The zero-order valence-corrected chi connectivity index (χ0v) is 23.0. The van der Waals surface area contributed by atoms with Crippen molar-refractivity contribution >= 4 is 29.9 Å². The smallest absolute Gasteiger partial charge is 0.497 e. The maximum atomic E-state index is 17.3. The van der Waals surface area contributed by atoms with Crippen LogP contribution >= 0.6 is 0 Å². The van der Waals surface area contributed by atoms with Crippen molar-refractivity contribution in [1.82, 2.24) is 4.48 Å². The molecule has 5 aromatic rings. The van der Waals surface area contributed by atoms with Crippen molar-refractivity contribution in [2.45, 2.75) is 0 Å². The summed E-state index contributed by atoms with van der Waals surface area (Å²) < 4.78 is 47.5. The predicted molar refractivity (Wildman–Crippen MR) is 164 cm³/mol. The summed E-state index contributed by atoms with van der Waals surface area (Å²) in [5.41, 5.74) is 4.94. The van der Waals surface area contributed by atoms with Crippen molar-refractivity contribution in [3.63, 3.8) is 0 Å². The maximum Gasteiger partial charge on any atom is 0.642 e. The van der Waals surface area contributed by atoms with E-state index in [1.165, 1.54) is 0 Å². The highest BCUT2D eigenvalue weighted by Gasteiger charge is 2.53. The molecule has 3 heterocycles. The minimum absolute atomic E-state index is 0.223. The van der Waals surface area contributed by atoms with Crippen LogP contribution in [0.1, 0.15) is 11.1 Å². The molecule has 0 unspecified atom stereocenters. The van der Waals surface area contributed by atoms with Crippen molar-refractivity contribution in [3.05, 3.63) is 132 Å². The molecule has 4 aromatic carbocycles. The third-order valence-electron chi connectivity index (χ3n) is 7.79. The Kier molecular flexibility index (Phi) is 6.12. The Bertz CT molecular complexity index is 1890. The first kappa shape index (κ1) is 25.7. The van der Waals surface area contributed by atoms with Gasteiger partial charge in [0.1, 0.15) is 11.5 Å². The molecule has 7 rings (SSSR count). The molecule has 42 heavy (non-hydrogen) atoms. The van der Waals surface area contributed by atoms with E-state index in [2.05, 4.69) is 0 Å². The molecule has 0 aliphatic carbocycles. The van der Waals surface area contributed by atoms with E-state index < -0.39 is 6.97 Å². The number of hydrogen-bond donors (Lipinski definition) is 0. The highest BCUT2D eigenvalue weighted by atomic mass is 19.2. The minimum atomic E-state index is -4.39. The van der Waals surface area contributed by atoms with Gasteiger partial charge in [0, 0.05) is 16.8 Å². The molecule has 0 radical (unpaired) electrons. The van der Waals surface area contributed by atoms with Gasteiger partial charge in [-0.1, -0.05) is 60.7 Å². The number of fused-ring (bicyclic) bond motifs is 2. The van der Waals surface area contributed by atoms with Crippen molar-refractivity contribution in [3.8, 4) is 33.9 Å². The summed E-state index contributed by atoms with van der Waals surface area (Å²) in [6, 6.07) is 35.2. The number of methoxy groups -OCH3 is 2. The minimum Gasteiger partial charge on any atom is -0.497 e. The number of allylic oxidation sites excluding steroid dienone is 1. The van der Waals surface area contributed by atoms with Crippen molar-refractivity contribution in [2.24, 2.45) is 4.99 Å². The van der Waals surface area contributed by atoms with Crippen LogP contribution in [0.2, 0.25) is 0 Å². The molecule has 5 nitrogen and oxygen atoms in total. The van der Waals surface area contributed by atoms with Gasteiger partial charge < -0.3 is 27.1 Å². The first-order chi connectivity index (χ1) is 20.5. The largest absolute Gasteiger partial charge is 0.642 e. The number of aliphatic imine (C=N–C) groups is 1. The summed E-state index contributed by atoms with van der Waals surface area (Å²) in [5, 5.41) is 0. The fourth-order valence-corrected chi connectivity index (χ4v) is 5.73. The number of ether oxygens (including phenoxy) is 2. The normalized spacial score (nSPS) is 15.0. The quantitative estimate of drug-likeness (QED) is 0.201. The van der Waals surface area contributed by atoms with Gasteiger partial charge >= 0.3 is 6.97 Å². The van der Waals surface area contributed by atoms with Crippen LogP contribution in [0.5, 0.6) is 11.5 Å². The number of aromatic nitrogens is 1. The zero-order chi connectivity index (χ0) is 28.8. The lowest BCUT2D eigenvalue weighted by Crippen LogP contribution is -2.53. The number of hydrogen-bond acceptors (Lipinski definition) is 3. The molecule has 8 heteroatoms. The molecule has 2 aliphatic rings. The third kappa shape index (κ3) is 4.06. The van der Waals surface area contributed by atoms with E-state index in [4.69, 9.17) is 14.5 Å². The van der Waals surface area contributed by atoms with Crippen LogP contribution in [0.25, 0.3) is 28.0 Å². The second-order valence-corrected chi connectivity index (χ2v) is 10.2. The molecular formula is C34H26BF2N3O2. The van der Waals surface area contributed by atoms with Crippen molar-refractivity contribution in [1.29, 1.82) is 0 Å². The Morgan fingerprint density at radius 2 is 1.21 bits per heavy atom. The van der Waals surface area contributed by atoms with E-state index >= 15 is 8.63 Å². The predicted octanol–water partition coefficient (Wildman–Crippen LogP) is 7.70. The topological polar surface area (TPSA) is 38.8 Å². The van der Waals surface area contributed by atoms with Gasteiger partial charge in [0.2, 0.25) is 5.82 Å². The Balaban J connectivity index is 1.53. The van der Waals surface area contributed by atoms with Crippen LogP contribution in [0.3, 0.4) is 0 Å². The Morgan fingerprint density at radius 3 is 1.79 bits per heavy atom. The lowest BCUT2D eigenvalue weighted by atomic mass is 9.90. The molecule has 2 aliphatic heterocycles. The summed E-state index contributed by atoms with van der Waals surface area (Å²) in [4.78, 5) is 5.03. The second-order valence-electron chi connectivity index (χ2n) is 10.2. The Morgan fingerprint density at radius 1 is 0.667 bits per heavy atom. The summed E-state index contributed by atoms with van der Waals surface area (Å²) in [6.45, 7) is -4.39. The molecule has 1 aromatic heterocycles. The molecule has 0 fully saturated rings. The fourth-order valence-electron chi connectivity index (χ4n) is 5.73. The van der Waals surface area contributed by atoms with E-state index in [1.54, 1.807) is 62.8 Å². The van der Waals surface area contributed by atoms with E-state index in [0.29, 0.717) is 45.2 Å². The van der Waals surface area contributed by atoms with Gasteiger partial charge in [-0.3, -0.25) is 0 Å². The zero-order valence-electron chi connectivity index (χ0n) is 23.0. The van der Waals surface area contributed by atoms with Crippen LogP contribution in [-0.2, 0) is 0 Å². The average molecular weight is 557 g/mol. The lowest BCUT2D eigenvalue weighted by Gasteiger charge is -2.32. The molecule has 0 bridgehead atoms. The molecular weight excluding hydrogens is 531 g/mol. The average Bonchev–Trinajstić information content (AvgIpc) is 3.63. The lowest BCUT2D eigenvalue weighted by molar-refractivity contribution is -0.291. The maximum absolute atomic E-state index is 17.3. The van der Waals surface area contributed by atoms with E-state index in [1.807, 2.05) is 72.8 Å². The first-order valence-corrected chi connectivity index (χ1v) is 13.6. The van der Waals surface area contributed by atoms with E-state index in [0.717, 1.165) is 20.1 Å². The van der Waals surface area contributed by atoms with Gasteiger partial charge in [-0.25, -0.2) is 0 Å². The summed E-state index contributed by atoms with van der Waals surface area (Å²) in [6.07, 6.45) is 1.81. The highest BCUT2D eigenvalue weighted by Crippen LogP contribution is 2.46. The monoisotopic (exact) mass is 557 g/mol. The van der Waals surface area contributed by atoms with Crippen LogP contribution in [0.15, 0.2) is 126 Å². The molecule has 0 saturated carbocycles. The first-order valence-electron chi connectivity index (χ1n) is 13.6. The molecule has 206 valence electrons. The molecule has 0 N–H and O–H groups in total. The van der Waals surface area contributed by atoms with Crippen LogP contribution in [0.4, 0.5) is 14.4 Å². The van der Waals surface area contributed by atoms with Gasteiger partial charge in [0.15, 0.2) is 0 Å². The molecule has 0 amide bonds. The van der Waals surface area contributed by atoms with Gasteiger partial charge in [0.25, 0.3) is 5.84 Å². The van der Waals surface area contributed by atoms with E-state index in [9.17, 15) is 0 Å². The second kappa shape index (κ2) is 9.99. The van der Waals surface area contributed by atoms with E-state index in [-0.39, 0.29) is 11.7 Å². The molecule has 0 spiro atoms. The summed E-state index contributed by atoms with van der Waals surface area (Å²) >= 11 is 0. The standard InChI is InChI=1S/C34H26BF2N3O2/c1-41-27-17-13-25(14-18-27)31-21-29(23-9-5-3-6-10-23)33-38-34-30(24-11-7-4-8-12-24)22-32(40(34)35(36,37)39(31)33)26-15-19-28(42-2)20-16-26/h3-22H,1-2H3. The van der Waals surface area contributed by atoms with Crippen LogP contribution in [-0.4, -0.2) is 41.7 Å². The number of halogens is 2. The third-order valence-corrected chi connectivity index (χ3v) is 7.79. The van der Waals surface area contributed by atoms with Crippen molar-refractivity contribution < 1.29 is 22.6 Å². The fraction of sp³-hybridized carbons (Fsp3) is 0.0588. The Hall–Kier alpha value is -5.24. The van der Waals surface area contributed by atoms with Crippen molar-refractivity contribution in [2.75, 3.05) is 14.2 Å². The van der Waals surface area contributed by atoms with Gasteiger partial charge in [0.05, 0.1) is 25.5 Å². The number of nitrogens with zero attached hydrogens (tertiary/aromatic N) is 3. The van der Waals surface area contributed by atoms with Crippen LogP contribution < -0.4 is 9.47 Å². The molecule has 0 saturated heterocycles. The van der Waals surface area contributed by atoms with Gasteiger partial charge in [-0.15, -0.1) is 0 Å². The summed E-state index contributed by atoms with van der Waals surface area (Å²) in [7, 11) is 3.16. The summed E-state index contributed by atoms with van der Waals surface area (Å²) in [5.74, 6) is 1.75. The Labute approximate surface area is 242 Å². The highest BCUT2D eigenvalue weighted by molar-refractivity contribution is 6.63. The number of amidine groups is 1. The van der Waals surface area contributed by atoms with Gasteiger partial charge in [-0.2, -0.15) is 0 Å². The SMILES string of the molecule is COc1ccc(C2=[N+]3C(=Nc4c(-c5ccccc5)cc(-c5ccc(OC)cc5)n4[B-]3(F)F)C(c3ccccc3)=C2)cc1.